The van der Waals surface area contributed by atoms with E-state index in [4.69, 9.17) is 0 Å². The normalized spacial score (nSPS) is 20.8. The molecule has 0 bridgehead atoms. The predicted molar refractivity (Wildman–Crippen MR) is 49.7 cm³/mol. The molecule has 0 aliphatic heterocycles. The number of Topliss-reactive ketones (excluding diaryl/α,β-unsaturated/α-hetero) is 1. The molecule has 12 heavy (non-hydrogen) atoms. The highest BCUT2D eigenvalue weighted by molar-refractivity contribution is 6.01. The maximum absolute atomic E-state index is 10.8. The van der Waals surface area contributed by atoms with Crippen LogP contribution in [-0.4, -0.2) is 12.8 Å². The molecule has 0 amide bonds. The molecule has 0 aromatic rings. The van der Waals surface area contributed by atoms with E-state index in [2.05, 4.69) is 5.32 Å². The van der Waals surface area contributed by atoms with Gasteiger partial charge in [-0.15, -0.1) is 0 Å². The zero-order chi connectivity index (χ0) is 8.81. The molecule has 0 spiro atoms. The molecule has 0 heterocycles. The van der Waals surface area contributed by atoms with E-state index in [9.17, 15) is 4.79 Å². The number of hydrogen-bond acceptors (Lipinski definition) is 2. The molecule has 0 atom stereocenters. The molecule has 0 radical (unpaired) electrons. The van der Waals surface area contributed by atoms with Crippen molar-refractivity contribution in [2.75, 3.05) is 7.05 Å². The summed E-state index contributed by atoms with van der Waals surface area (Å²) in [7, 11) is 1.85. The lowest BCUT2D eigenvalue weighted by molar-refractivity contribution is -0.118. The van der Waals surface area contributed by atoms with Crippen molar-refractivity contribution in [3.05, 3.63) is 36.1 Å². The number of allylic oxidation sites excluding steroid dienone is 5. The van der Waals surface area contributed by atoms with Crippen molar-refractivity contribution in [2.24, 2.45) is 0 Å². The summed E-state index contributed by atoms with van der Waals surface area (Å²) < 4.78 is 0. The molecule has 1 rings (SSSR count). The van der Waals surface area contributed by atoms with Crippen LogP contribution in [0.25, 0.3) is 0 Å². The molecular weight excluding hydrogens is 150 g/mol. The van der Waals surface area contributed by atoms with Crippen LogP contribution in [0.15, 0.2) is 36.1 Å². The lowest BCUT2D eigenvalue weighted by Gasteiger charge is -2.12. The van der Waals surface area contributed by atoms with Gasteiger partial charge in [-0.25, -0.2) is 0 Å². The number of carbonyl (C=O) groups is 1. The first-order valence-electron chi connectivity index (χ1n) is 4.07. The Morgan fingerprint density at radius 2 is 2.08 bits per heavy atom. The van der Waals surface area contributed by atoms with Gasteiger partial charge in [0, 0.05) is 13.5 Å². The third-order valence-electron chi connectivity index (χ3n) is 1.76. The fraction of sp³-hybridized carbons (Fsp3) is 0.300. The highest BCUT2D eigenvalue weighted by atomic mass is 16.1. The Labute approximate surface area is 72.7 Å². The van der Waals surface area contributed by atoms with E-state index in [0.717, 1.165) is 18.4 Å². The minimum Gasteiger partial charge on any atom is -0.394 e. The van der Waals surface area contributed by atoms with Crippen LogP contribution in [0.5, 0.6) is 0 Å². The molecule has 1 aliphatic carbocycles. The van der Waals surface area contributed by atoms with E-state index in [1.165, 1.54) is 0 Å². The van der Waals surface area contributed by atoms with E-state index < -0.39 is 0 Å². The predicted octanol–water partition coefficient (Wildman–Crippen LogP) is 1.56. The van der Waals surface area contributed by atoms with Crippen molar-refractivity contribution in [3.63, 3.8) is 0 Å². The summed E-state index contributed by atoms with van der Waals surface area (Å²) in [5, 5.41) is 2.87. The van der Waals surface area contributed by atoms with Gasteiger partial charge in [0.15, 0.2) is 5.78 Å². The zero-order valence-electron chi connectivity index (χ0n) is 7.21. The van der Waals surface area contributed by atoms with E-state index >= 15 is 0 Å². The Morgan fingerprint density at radius 1 is 1.25 bits per heavy atom. The summed E-state index contributed by atoms with van der Waals surface area (Å²) in [5.74, 6) is 0.289. The average molecular weight is 163 g/mol. The van der Waals surface area contributed by atoms with Gasteiger partial charge in [0.2, 0.25) is 0 Å². The molecule has 1 aliphatic rings. The summed E-state index contributed by atoms with van der Waals surface area (Å²) in [4.78, 5) is 10.8. The van der Waals surface area contributed by atoms with Gasteiger partial charge in [0.1, 0.15) is 0 Å². The minimum absolute atomic E-state index is 0.289. The van der Waals surface area contributed by atoms with E-state index in [1.807, 2.05) is 37.6 Å². The molecule has 2 nitrogen and oxygen atoms in total. The van der Waals surface area contributed by atoms with Gasteiger partial charge < -0.3 is 5.32 Å². The fourth-order valence-corrected chi connectivity index (χ4v) is 0.935. The van der Waals surface area contributed by atoms with Crippen molar-refractivity contribution >= 4 is 5.78 Å². The van der Waals surface area contributed by atoms with Crippen LogP contribution in [-0.2, 0) is 4.79 Å². The maximum Gasteiger partial charge on any atom is 0.159 e. The van der Waals surface area contributed by atoms with Crippen molar-refractivity contribution in [3.8, 4) is 0 Å². The smallest absolute Gasteiger partial charge is 0.159 e. The van der Waals surface area contributed by atoms with Crippen LogP contribution in [0.4, 0.5) is 0 Å². The summed E-state index contributed by atoms with van der Waals surface area (Å²) in [6.07, 6.45) is 11.1. The summed E-state index contributed by atoms with van der Waals surface area (Å²) >= 11 is 0. The second-order valence-electron chi connectivity index (χ2n) is 2.65. The molecule has 0 saturated heterocycles. The van der Waals surface area contributed by atoms with Crippen LogP contribution in [0.1, 0.15) is 12.8 Å². The Bertz CT molecular complexity index is 249. The number of nitrogens with one attached hydrogen (secondary N) is 1. The lowest BCUT2D eigenvalue weighted by atomic mass is 9.90. The van der Waals surface area contributed by atoms with Crippen LogP contribution >= 0.6 is 0 Å². The Morgan fingerprint density at radius 3 is 2.58 bits per heavy atom. The first-order chi connectivity index (χ1) is 5.84. The van der Waals surface area contributed by atoms with Gasteiger partial charge in [0.25, 0.3) is 0 Å². The molecule has 0 unspecified atom stereocenters. The first kappa shape index (κ1) is 8.78. The Balaban J connectivity index is 2.33. The number of rotatable bonds is 3. The van der Waals surface area contributed by atoms with Crippen molar-refractivity contribution in [2.45, 2.75) is 12.8 Å². The molecular formula is C10H13NO. The van der Waals surface area contributed by atoms with Gasteiger partial charge >= 0.3 is 0 Å². The molecule has 1 saturated carbocycles. The zero-order valence-corrected chi connectivity index (χ0v) is 7.21. The van der Waals surface area contributed by atoms with Crippen molar-refractivity contribution < 1.29 is 4.79 Å². The van der Waals surface area contributed by atoms with E-state index in [1.54, 1.807) is 0 Å². The van der Waals surface area contributed by atoms with Crippen molar-refractivity contribution in [1.29, 1.82) is 0 Å². The van der Waals surface area contributed by atoms with Gasteiger partial charge in [-0.3, -0.25) is 4.79 Å². The highest BCUT2D eigenvalue weighted by Gasteiger charge is 2.18. The Kier molecular flexibility index (Phi) is 3.33. The molecule has 2 heteroatoms. The fourth-order valence-electron chi connectivity index (χ4n) is 0.935. The third kappa shape index (κ3) is 2.38. The van der Waals surface area contributed by atoms with Gasteiger partial charge in [0.05, 0.1) is 0 Å². The van der Waals surface area contributed by atoms with Crippen LogP contribution in [0.2, 0.25) is 0 Å². The number of ketones is 1. The molecule has 0 aromatic heterocycles. The average Bonchev–Trinajstić information content (AvgIpc) is 2.08. The largest absolute Gasteiger partial charge is 0.394 e. The van der Waals surface area contributed by atoms with Crippen molar-refractivity contribution in [1.82, 2.24) is 5.32 Å². The number of carbonyl (C=O) groups excluding carboxylic acids is 1. The van der Waals surface area contributed by atoms with Crippen LogP contribution < -0.4 is 5.32 Å². The number of hydrogen-bond donors (Lipinski definition) is 1. The lowest BCUT2D eigenvalue weighted by Crippen LogP contribution is -2.13. The second kappa shape index (κ2) is 4.54. The topological polar surface area (TPSA) is 29.1 Å². The van der Waals surface area contributed by atoms with Crippen LogP contribution in [0.3, 0.4) is 0 Å². The van der Waals surface area contributed by atoms with E-state index in [0.29, 0.717) is 0 Å². The van der Waals surface area contributed by atoms with Gasteiger partial charge in [-0.05, 0) is 24.3 Å². The first-order valence-corrected chi connectivity index (χ1v) is 4.07. The second-order valence-corrected chi connectivity index (χ2v) is 2.65. The molecule has 0 aromatic carbocycles. The Hall–Kier alpha value is -1.31. The molecule has 1 fully saturated rings. The SMILES string of the molecule is CN/C=C/C=C/C=C1\CCC1=O. The third-order valence-corrected chi connectivity index (χ3v) is 1.76. The van der Waals surface area contributed by atoms with Crippen LogP contribution in [0, 0.1) is 0 Å². The van der Waals surface area contributed by atoms with Gasteiger partial charge in [-0.2, -0.15) is 0 Å². The summed E-state index contributed by atoms with van der Waals surface area (Å²) in [6.45, 7) is 0. The van der Waals surface area contributed by atoms with E-state index in [-0.39, 0.29) is 5.78 Å². The quantitative estimate of drug-likeness (QED) is 0.505. The monoisotopic (exact) mass is 163 g/mol. The van der Waals surface area contributed by atoms with Gasteiger partial charge in [-0.1, -0.05) is 18.2 Å². The highest BCUT2D eigenvalue weighted by Crippen LogP contribution is 2.20. The summed E-state index contributed by atoms with van der Waals surface area (Å²) in [6, 6.07) is 0. The maximum atomic E-state index is 10.8. The molecule has 64 valence electrons. The standard InChI is InChI=1S/C10H13NO/c1-11-8-4-2-3-5-9-6-7-10(9)12/h2-5,8,11H,6-7H2,1H3/b3-2+,8-4+,9-5+. The summed E-state index contributed by atoms with van der Waals surface area (Å²) in [5.41, 5.74) is 0.948. The minimum atomic E-state index is 0.289. The molecule has 1 N–H and O–H groups in total.